The minimum Gasteiger partial charge on any atom is -0.467 e. The highest BCUT2D eigenvalue weighted by Gasteiger charge is 2.35. The predicted molar refractivity (Wildman–Crippen MR) is 273 cm³/mol. The predicted octanol–water partition coefficient (Wildman–Crippen LogP) is 5.91. The van der Waals surface area contributed by atoms with Crippen molar-refractivity contribution in [3.8, 4) is 34.0 Å². The number of carbonyl (C=O) groups excluding carboxylic acids is 3. The van der Waals surface area contributed by atoms with E-state index in [1.165, 1.54) is 16.4 Å². The summed E-state index contributed by atoms with van der Waals surface area (Å²) in [7, 11) is 5.07. The monoisotopic (exact) mass is 955 g/mol. The van der Waals surface area contributed by atoms with E-state index >= 15 is 0 Å². The van der Waals surface area contributed by atoms with E-state index in [1.807, 2.05) is 54.2 Å². The minimum atomic E-state index is -0.434. The fourth-order valence-electron chi connectivity index (χ4n) is 11.2. The molecular weight excluding hydrogens is 899 g/mol. The standard InChI is InChI=1S/C53H57N13O5/c1-5-39-41(19-23-55-49(39)65-31-30-64(53(65)70)38-8-7-22-54-33-38)40-16-15-37(66-52(69)59(2)51(58-66)71-4)32-44(40)34-11-13-35(14-12-34)61-24-20-36(21-25-61)62-26-28-63(29-27-62)45-10-6-9-42-47(57-60(3)48(42)45)43-17-18-46(67)56-50(43)68/h6-16,19,22-23,32-33,36,43H,5,17-18,20-21,24-31H2,1-4H3,(H,56,67,68). The van der Waals surface area contributed by atoms with E-state index < -0.39 is 5.92 Å². The van der Waals surface area contributed by atoms with Crippen LogP contribution in [0.4, 0.5) is 27.7 Å². The molecule has 3 aromatic carbocycles. The molecule has 364 valence electrons. The van der Waals surface area contributed by atoms with Gasteiger partial charge < -0.3 is 14.5 Å². The van der Waals surface area contributed by atoms with Gasteiger partial charge in [-0.2, -0.15) is 9.78 Å². The van der Waals surface area contributed by atoms with Crippen molar-refractivity contribution < 1.29 is 19.1 Å². The van der Waals surface area contributed by atoms with E-state index in [9.17, 15) is 19.2 Å². The van der Waals surface area contributed by atoms with Crippen LogP contribution < -0.4 is 35.3 Å². The van der Waals surface area contributed by atoms with Crippen molar-refractivity contribution in [1.82, 2.24) is 44.3 Å². The van der Waals surface area contributed by atoms with Gasteiger partial charge in [0.25, 0.3) is 0 Å². The first-order valence-corrected chi connectivity index (χ1v) is 24.6. The Labute approximate surface area is 411 Å². The number of para-hydroxylation sites is 1. The van der Waals surface area contributed by atoms with Crippen molar-refractivity contribution in [1.29, 1.82) is 0 Å². The zero-order valence-electron chi connectivity index (χ0n) is 40.5. The van der Waals surface area contributed by atoms with Crippen LogP contribution in [0, 0.1) is 0 Å². The number of aromatic nitrogens is 7. The molecule has 0 saturated carbocycles. The number of piperazine rings is 1. The number of fused-ring (bicyclic) bond motifs is 1. The Kier molecular flexibility index (Phi) is 12.1. The van der Waals surface area contributed by atoms with Crippen molar-refractivity contribution in [3.05, 3.63) is 119 Å². The summed E-state index contributed by atoms with van der Waals surface area (Å²) in [6.45, 7) is 8.70. The summed E-state index contributed by atoms with van der Waals surface area (Å²) in [6.07, 6.45) is 8.72. The molecule has 71 heavy (non-hydrogen) atoms. The summed E-state index contributed by atoms with van der Waals surface area (Å²) in [5, 5.41) is 12.8. The van der Waals surface area contributed by atoms with Crippen LogP contribution in [0.5, 0.6) is 6.01 Å². The summed E-state index contributed by atoms with van der Waals surface area (Å²) in [5.41, 5.74) is 9.82. The number of amides is 4. The van der Waals surface area contributed by atoms with E-state index in [-0.39, 0.29) is 29.5 Å². The van der Waals surface area contributed by atoms with E-state index in [0.717, 1.165) is 114 Å². The lowest BCUT2D eigenvalue weighted by Gasteiger charge is -2.44. The molecule has 4 aliphatic heterocycles. The highest BCUT2D eigenvalue weighted by atomic mass is 16.5. The van der Waals surface area contributed by atoms with Crippen LogP contribution in [0.25, 0.3) is 38.8 Å². The Morgan fingerprint density at radius 2 is 1.49 bits per heavy atom. The highest BCUT2D eigenvalue weighted by molar-refractivity contribution is 6.07. The van der Waals surface area contributed by atoms with E-state index in [2.05, 4.69) is 73.4 Å². The lowest BCUT2D eigenvalue weighted by molar-refractivity contribution is -0.134. The first-order valence-electron chi connectivity index (χ1n) is 24.6. The third-order valence-corrected chi connectivity index (χ3v) is 14.9. The maximum absolute atomic E-state index is 13.9. The van der Waals surface area contributed by atoms with Crippen molar-refractivity contribution in [3.63, 3.8) is 0 Å². The minimum absolute atomic E-state index is 0.141. The van der Waals surface area contributed by atoms with Crippen molar-refractivity contribution in [2.45, 2.75) is 51.0 Å². The normalized spacial score (nSPS) is 18.3. The molecule has 11 rings (SSSR count). The van der Waals surface area contributed by atoms with Gasteiger partial charge in [0.15, 0.2) is 0 Å². The molecule has 1 N–H and O–H groups in total. The number of pyridine rings is 2. The molecule has 7 aromatic rings. The quantitative estimate of drug-likeness (QED) is 0.152. The number of rotatable bonds is 11. The second-order valence-electron chi connectivity index (χ2n) is 18.8. The number of imide groups is 1. The summed E-state index contributed by atoms with van der Waals surface area (Å²) in [6, 6.07) is 27.2. The summed E-state index contributed by atoms with van der Waals surface area (Å²) in [4.78, 5) is 72.1. The van der Waals surface area contributed by atoms with E-state index in [1.54, 1.807) is 35.4 Å². The summed E-state index contributed by atoms with van der Waals surface area (Å²) < 4.78 is 10.0. The number of nitrogens with zero attached hydrogens (tertiary/aromatic N) is 12. The van der Waals surface area contributed by atoms with Gasteiger partial charge in [-0.25, -0.2) is 19.1 Å². The third-order valence-electron chi connectivity index (χ3n) is 14.9. The number of benzene rings is 3. The zero-order valence-corrected chi connectivity index (χ0v) is 40.5. The van der Waals surface area contributed by atoms with Gasteiger partial charge in [-0.05, 0) is 96.5 Å². The van der Waals surface area contributed by atoms with Gasteiger partial charge >= 0.3 is 17.7 Å². The van der Waals surface area contributed by atoms with Crippen molar-refractivity contribution in [2.24, 2.45) is 14.1 Å². The van der Waals surface area contributed by atoms with Crippen LogP contribution in [0.1, 0.15) is 49.8 Å². The van der Waals surface area contributed by atoms with E-state index in [0.29, 0.717) is 49.9 Å². The second kappa shape index (κ2) is 18.8. The molecule has 0 spiro atoms. The topological polar surface area (TPSA) is 172 Å². The Balaban J connectivity index is 0.809. The third kappa shape index (κ3) is 8.24. The Hall–Kier alpha value is -7.86. The Bertz CT molecular complexity index is 3220. The molecule has 18 nitrogen and oxygen atoms in total. The summed E-state index contributed by atoms with van der Waals surface area (Å²) >= 11 is 0. The molecule has 4 fully saturated rings. The molecule has 8 heterocycles. The number of hydrogen-bond donors (Lipinski definition) is 1. The average Bonchev–Trinajstić information content (AvgIpc) is 4.06. The molecule has 0 bridgehead atoms. The number of anilines is 4. The van der Waals surface area contributed by atoms with Gasteiger partial charge in [0, 0.05) is 108 Å². The maximum atomic E-state index is 13.9. The van der Waals surface area contributed by atoms with Crippen LogP contribution in [-0.4, -0.2) is 122 Å². The molecule has 0 radical (unpaired) electrons. The van der Waals surface area contributed by atoms with Crippen molar-refractivity contribution in [2.75, 3.05) is 79.1 Å². The van der Waals surface area contributed by atoms with Gasteiger partial charge in [0.1, 0.15) is 5.82 Å². The lowest BCUT2D eigenvalue weighted by atomic mass is 9.90. The molecule has 18 heteroatoms. The van der Waals surface area contributed by atoms with Crippen LogP contribution in [0.2, 0.25) is 0 Å². The number of hydrogen-bond acceptors (Lipinski definition) is 12. The maximum Gasteiger partial charge on any atom is 0.353 e. The van der Waals surface area contributed by atoms with Gasteiger partial charge in [0.05, 0.1) is 47.5 Å². The zero-order chi connectivity index (χ0) is 48.9. The fraction of sp³-hybridized carbons (Fsp3) is 0.358. The van der Waals surface area contributed by atoms with Crippen LogP contribution in [0.15, 0.2) is 102 Å². The lowest BCUT2D eigenvalue weighted by Crippen LogP contribution is -2.53. The molecule has 4 saturated heterocycles. The Morgan fingerprint density at radius 1 is 0.718 bits per heavy atom. The van der Waals surface area contributed by atoms with E-state index in [4.69, 9.17) is 14.8 Å². The molecular formula is C53H57N13O5. The molecule has 1 unspecified atom stereocenters. The fourth-order valence-corrected chi connectivity index (χ4v) is 11.2. The number of aryl methyl sites for hydroxylation is 1. The molecule has 4 aliphatic rings. The van der Waals surface area contributed by atoms with Crippen LogP contribution in [0.3, 0.4) is 0 Å². The van der Waals surface area contributed by atoms with Crippen LogP contribution >= 0.6 is 0 Å². The number of methoxy groups -OCH3 is 1. The summed E-state index contributed by atoms with van der Waals surface area (Å²) in [5.74, 6) is -0.292. The number of ether oxygens (including phenoxy) is 1. The SMILES string of the molecule is CCc1c(-c2ccc(-n3nc(OC)n(C)c3=O)cc2-c2ccc(N3CCC(N4CCN(c5cccc6c(C7CCC(=O)NC7=O)nn(C)c56)CC4)CC3)cc2)ccnc1N1CCN(c2cccnc2)C1=O. The molecule has 4 amide bonds. The number of nitrogens with one attached hydrogen (secondary N) is 1. The number of piperidine rings is 2. The van der Waals surface area contributed by atoms with Crippen LogP contribution in [-0.2, 0) is 30.1 Å². The molecule has 1 atom stereocenters. The highest BCUT2D eigenvalue weighted by Crippen LogP contribution is 2.41. The molecule has 0 aliphatic carbocycles. The average molecular weight is 956 g/mol. The molecule has 4 aromatic heterocycles. The van der Waals surface area contributed by atoms with Gasteiger partial charge in [0.2, 0.25) is 11.8 Å². The van der Waals surface area contributed by atoms with Gasteiger partial charge in [-0.15, -0.1) is 5.10 Å². The number of carbonyl (C=O) groups is 3. The first kappa shape index (κ1) is 45.6. The second-order valence-corrected chi connectivity index (χ2v) is 18.8. The Morgan fingerprint density at radius 3 is 2.21 bits per heavy atom. The number of urea groups is 1. The van der Waals surface area contributed by atoms with Crippen molar-refractivity contribution >= 4 is 51.6 Å². The smallest absolute Gasteiger partial charge is 0.353 e. The van der Waals surface area contributed by atoms with Gasteiger partial charge in [-0.3, -0.25) is 39.3 Å². The first-order chi connectivity index (χ1) is 34.6. The largest absolute Gasteiger partial charge is 0.467 e. The van der Waals surface area contributed by atoms with Gasteiger partial charge in [-0.1, -0.05) is 37.3 Å².